The Bertz CT molecular complexity index is 351. The number of pyridine rings is 1. The molecule has 0 spiro atoms. The molecule has 88 valence electrons. The number of nitrogens with two attached hydrogens (primary N) is 1. The second-order valence-corrected chi connectivity index (χ2v) is 5.25. The van der Waals surface area contributed by atoms with Crippen molar-refractivity contribution in [3.05, 3.63) is 12.1 Å². The number of ether oxygens (including phenoxy) is 1. The zero-order chi connectivity index (χ0) is 11.4. The number of anilines is 1. The molecule has 0 unspecified atom stereocenters. The van der Waals surface area contributed by atoms with Crippen LogP contribution in [0.4, 0.5) is 5.69 Å². The van der Waals surface area contributed by atoms with E-state index in [4.69, 9.17) is 10.5 Å². The summed E-state index contributed by atoms with van der Waals surface area (Å²) in [6, 6.07) is 3.83. The van der Waals surface area contributed by atoms with E-state index in [0.29, 0.717) is 11.6 Å². The predicted molar refractivity (Wildman–Crippen MR) is 67.9 cm³/mol. The maximum Gasteiger partial charge on any atom is 0.237 e. The van der Waals surface area contributed by atoms with E-state index in [-0.39, 0.29) is 0 Å². The third-order valence-electron chi connectivity index (χ3n) is 3.00. The van der Waals surface area contributed by atoms with Gasteiger partial charge in [-0.15, -0.1) is 11.8 Å². The molecule has 0 atom stereocenters. The smallest absolute Gasteiger partial charge is 0.237 e. The van der Waals surface area contributed by atoms with Gasteiger partial charge in [-0.2, -0.15) is 0 Å². The molecule has 1 saturated carbocycles. The van der Waals surface area contributed by atoms with Crippen LogP contribution in [0.2, 0.25) is 0 Å². The van der Waals surface area contributed by atoms with E-state index in [2.05, 4.69) is 4.98 Å². The number of hydrogen-bond donors (Lipinski definition) is 1. The maximum atomic E-state index is 5.72. The maximum absolute atomic E-state index is 5.72. The van der Waals surface area contributed by atoms with E-state index < -0.39 is 0 Å². The Hall–Kier alpha value is -0.900. The molecule has 1 fully saturated rings. The van der Waals surface area contributed by atoms with E-state index in [9.17, 15) is 0 Å². The van der Waals surface area contributed by atoms with Crippen LogP contribution in [0, 0.1) is 5.92 Å². The summed E-state index contributed by atoms with van der Waals surface area (Å²) in [5.41, 5.74) is 6.33. The Morgan fingerprint density at radius 3 is 2.88 bits per heavy atom. The highest BCUT2D eigenvalue weighted by Crippen LogP contribution is 2.31. The van der Waals surface area contributed by atoms with Gasteiger partial charge in [-0.3, -0.25) is 0 Å². The van der Waals surface area contributed by atoms with Gasteiger partial charge in [0.1, 0.15) is 5.03 Å². The van der Waals surface area contributed by atoms with Crippen LogP contribution in [0.3, 0.4) is 0 Å². The molecule has 0 radical (unpaired) electrons. The van der Waals surface area contributed by atoms with Crippen molar-refractivity contribution >= 4 is 17.4 Å². The first kappa shape index (κ1) is 11.6. The first-order valence-electron chi connectivity index (χ1n) is 5.73. The van der Waals surface area contributed by atoms with E-state index in [0.717, 1.165) is 10.9 Å². The predicted octanol–water partition coefficient (Wildman–Crippen LogP) is 2.95. The molecule has 4 heteroatoms. The highest BCUT2D eigenvalue weighted by Gasteiger charge is 2.15. The van der Waals surface area contributed by atoms with Gasteiger partial charge in [0, 0.05) is 5.75 Å². The highest BCUT2D eigenvalue weighted by atomic mass is 32.2. The van der Waals surface area contributed by atoms with Crippen LogP contribution in [-0.2, 0) is 0 Å². The van der Waals surface area contributed by atoms with Crippen molar-refractivity contribution in [2.24, 2.45) is 5.92 Å². The summed E-state index contributed by atoms with van der Waals surface area (Å²) >= 11 is 1.81. The molecule has 1 heterocycles. The monoisotopic (exact) mass is 238 g/mol. The van der Waals surface area contributed by atoms with Gasteiger partial charge in [0.15, 0.2) is 0 Å². The molecule has 3 nitrogen and oxygen atoms in total. The second kappa shape index (κ2) is 5.43. The van der Waals surface area contributed by atoms with Crippen LogP contribution in [-0.4, -0.2) is 17.8 Å². The van der Waals surface area contributed by atoms with Crippen molar-refractivity contribution in [1.82, 2.24) is 4.98 Å². The summed E-state index contributed by atoms with van der Waals surface area (Å²) in [5, 5.41) is 1.01. The molecule has 2 rings (SSSR count). The van der Waals surface area contributed by atoms with E-state index in [1.165, 1.54) is 31.4 Å². The van der Waals surface area contributed by atoms with Crippen molar-refractivity contribution in [3.8, 4) is 5.88 Å². The fourth-order valence-electron chi connectivity index (χ4n) is 2.06. The highest BCUT2D eigenvalue weighted by molar-refractivity contribution is 7.99. The third kappa shape index (κ3) is 2.82. The van der Waals surface area contributed by atoms with Gasteiger partial charge in [0.25, 0.3) is 0 Å². The third-order valence-corrected chi connectivity index (χ3v) is 4.16. The van der Waals surface area contributed by atoms with Gasteiger partial charge in [-0.25, -0.2) is 4.98 Å². The first-order valence-corrected chi connectivity index (χ1v) is 6.71. The minimum absolute atomic E-state index is 0.538. The molecular weight excluding hydrogens is 220 g/mol. The molecule has 1 aromatic rings. The first-order chi connectivity index (χ1) is 7.79. The molecule has 0 bridgehead atoms. The second-order valence-electron chi connectivity index (χ2n) is 4.21. The van der Waals surface area contributed by atoms with E-state index in [1.54, 1.807) is 7.11 Å². The van der Waals surface area contributed by atoms with Gasteiger partial charge >= 0.3 is 0 Å². The minimum atomic E-state index is 0.538. The topological polar surface area (TPSA) is 48.1 Å². The molecular formula is C12H18N2OS. The van der Waals surface area contributed by atoms with Crippen molar-refractivity contribution < 1.29 is 4.74 Å². The van der Waals surface area contributed by atoms with E-state index in [1.807, 2.05) is 23.9 Å². The van der Waals surface area contributed by atoms with Gasteiger partial charge in [-0.1, -0.05) is 12.8 Å². The van der Waals surface area contributed by atoms with Crippen LogP contribution in [0.5, 0.6) is 5.88 Å². The lowest BCUT2D eigenvalue weighted by molar-refractivity contribution is 0.397. The van der Waals surface area contributed by atoms with Gasteiger partial charge in [0.2, 0.25) is 5.88 Å². The lowest BCUT2D eigenvalue weighted by Gasteiger charge is -2.09. The molecule has 1 aliphatic rings. The Balaban J connectivity index is 1.93. The number of rotatable bonds is 4. The lowest BCUT2D eigenvalue weighted by atomic mass is 10.1. The Kier molecular flexibility index (Phi) is 3.93. The average Bonchev–Trinajstić information content (AvgIpc) is 2.81. The molecule has 0 aliphatic heterocycles. The summed E-state index contributed by atoms with van der Waals surface area (Å²) in [7, 11) is 1.60. The number of hydrogen-bond acceptors (Lipinski definition) is 4. The van der Waals surface area contributed by atoms with Crippen LogP contribution in [0.1, 0.15) is 25.7 Å². The van der Waals surface area contributed by atoms with Gasteiger partial charge in [-0.05, 0) is 30.9 Å². The number of aromatic nitrogens is 1. The number of methoxy groups -OCH3 is 1. The SMILES string of the molecule is COc1nc(SCC2CCCC2)ccc1N. The average molecular weight is 238 g/mol. The summed E-state index contributed by atoms with van der Waals surface area (Å²) in [6.07, 6.45) is 5.53. The fraction of sp³-hybridized carbons (Fsp3) is 0.583. The van der Waals surface area contributed by atoms with Crippen LogP contribution < -0.4 is 10.5 Å². The van der Waals surface area contributed by atoms with Crippen molar-refractivity contribution in [1.29, 1.82) is 0 Å². The van der Waals surface area contributed by atoms with Crippen molar-refractivity contribution in [2.75, 3.05) is 18.6 Å². The zero-order valence-electron chi connectivity index (χ0n) is 9.61. The Labute approximate surface area is 101 Å². The van der Waals surface area contributed by atoms with Crippen LogP contribution >= 0.6 is 11.8 Å². The summed E-state index contributed by atoms with van der Waals surface area (Å²) in [5.74, 6) is 2.58. The Morgan fingerprint density at radius 2 is 2.19 bits per heavy atom. The van der Waals surface area contributed by atoms with Gasteiger partial charge in [0.05, 0.1) is 12.8 Å². The van der Waals surface area contributed by atoms with Crippen molar-refractivity contribution in [3.63, 3.8) is 0 Å². The molecule has 1 aliphatic carbocycles. The molecule has 0 saturated heterocycles. The number of nitrogen functional groups attached to an aromatic ring is 1. The molecule has 0 aromatic carbocycles. The summed E-state index contributed by atoms with van der Waals surface area (Å²) in [4.78, 5) is 4.37. The fourth-order valence-corrected chi connectivity index (χ4v) is 3.11. The molecule has 0 amide bonds. The number of thioether (sulfide) groups is 1. The lowest BCUT2D eigenvalue weighted by Crippen LogP contribution is -1.99. The normalized spacial score (nSPS) is 16.6. The largest absolute Gasteiger partial charge is 0.480 e. The molecule has 1 aromatic heterocycles. The summed E-state index contributed by atoms with van der Waals surface area (Å²) in [6.45, 7) is 0. The quantitative estimate of drug-likeness (QED) is 0.819. The minimum Gasteiger partial charge on any atom is -0.480 e. The molecule has 16 heavy (non-hydrogen) atoms. The zero-order valence-corrected chi connectivity index (χ0v) is 10.4. The van der Waals surface area contributed by atoms with E-state index >= 15 is 0 Å². The Morgan fingerprint density at radius 1 is 1.44 bits per heavy atom. The van der Waals surface area contributed by atoms with Crippen LogP contribution in [0.25, 0.3) is 0 Å². The molecule has 2 N–H and O–H groups in total. The summed E-state index contributed by atoms with van der Waals surface area (Å²) < 4.78 is 5.11. The standard InChI is InChI=1S/C12H18N2OS/c1-15-12-10(13)6-7-11(14-12)16-8-9-4-2-3-5-9/h6-7,9H,2-5,8,13H2,1H3. The van der Waals surface area contributed by atoms with Crippen LogP contribution in [0.15, 0.2) is 17.2 Å². The van der Waals surface area contributed by atoms with Crippen molar-refractivity contribution in [2.45, 2.75) is 30.7 Å². The van der Waals surface area contributed by atoms with Gasteiger partial charge < -0.3 is 10.5 Å². The number of nitrogens with zero attached hydrogens (tertiary/aromatic N) is 1.